The van der Waals surface area contributed by atoms with Gasteiger partial charge in [0.1, 0.15) is 9.23 Å². The number of piperidine rings is 1. The Hall–Kier alpha value is -2.27. The molecule has 3 rings (SSSR count). The van der Waals surface area contributed by atoms with E-state index in [0.29, 0.717) is 13.1 Å². The van der Waals surface area contributed by atoms with E-state index in [9.17, 15) is 28.4 Å². The molecule has 1 aromatic heterocycles. The molecule has 0 N–H and O–H groups in total. The topological polar surface area (TPSA) is 121 Å². The van der Waals surface area contributed by atoms with Crippen LogP contribution in [0.5, 0.6) is 0 Å². The molecule has 0 bridgehead atoms. The Morgan fingerprint density at radius 2 is 1.86 bits per heavy atom. The Morgan fingerprint density at radius 3 is 2.48 bits per heavy atom. The minimum absolute atomic E-state index is 0.0450. The van der Waals surface area contributed by atoms with Crippen LogP contribution < -0.4 is 5.11 Å². The maximum absolute atomic E-state index is 12.8. The van der Waals surface area contributed by atoms with Gasteiger partial charge in [0, 0.05) is 29.6 Å². The SMILES string of the molecule is O=C([O-])/C(=C/c1ccc(Cl)c([N+](=O)[O-])c1)c1ccc(S(=O)(=O)N2CCCCC2)s1. The highest BCUT2D eigenvalue weighted by Crippen LogP contribution is 2.32. The summed E-state index contributed by atoms with van der Waals surface area (Å²) < 4.78 is 27.0. The molecule has 0 unspecified atom stereocenters. The van der Waals surface area contributed by atoms with Crippen molar-refractivity contribution in [1.29, 1.82) is 0 Å². The van der Waals surface area contributed by atoms with Crippen LogP contribution in [0.1, 0.15) is 29.7 Å². The molecule has 11 heteroatoms. The number of thiophene rings is 1. The number of rotatable bonds is 6. The predicted octanol–water partition coefficient (Wildman–Crippen LogP) is 2.77. The van der Waals surface area contributed by atoms with Crippen LogP contribution in [0, 0.1) is 10.1 Å². The summed E-state index contributed by atoms with van der Waals surface area (Å²) in [6.45, 7) is 0.875. The summed E-state index contributed by atoms with van der Waals surface area (Å²) in [5, 5.41) is 22.6. The minimum atomic E-state index is -3.69. The highest BCUT2D eigenvalue weighted by Gasteiger charge is 2.27. The second-order valence-corrected chi connectivity index (χ2v) is 10.1. The predicted molar refractivity (Wildman–Crippen MR) is 108 cm³/mol. The summed E-state index contributed by atoms with van der Waals surface area (Å²) in [6, 6.07) is 6.62. The number of carbonyl (C=O) groups excluding carboxylic acids is 1. The first-order valence-electron chi connectivity index (χ1n) is 8.67. The number of halogens is 1. The minimum Gasteiger partial charge on any atom is -0.545 e. The fourth-order valence-electron chi connectivity index (χ4n) is 2.99. The van der Waals surface area contributed by atoms with E-state index in [0.717, 1.165) is 36.7 Å². The molecule has 0 atom stereocenters. The zero-order valence-electron chi connectivity index (χ0n) is 15.0. The van der Waals surface area contributed by atoms with Gasteiger partial charge in [-0.05, 0) is 42.7 Å². The van der Waals surface area contributed by atoms with Gasteiger partial charge in [-0.15, -0.1) is 11.3 Å². The summed E-state index contributed by atoms with van der Waals surface area (Å²) in [4.78, 5) is 22.2. The van der Waals surface area contributed by atoms with E-state index in [1.807, 2.05) is 0 Å². The van der Waals surface area contributed by atoms with Gasteiger partial charge in [-0.1, -0.05) is 24.1 Å². The molecule has 0 spiro atoms. The third kappa shape index (κ3) is 4.67. The molecule has 1 aromatic carbocycles. The van der Waals surface area contributed by atoms with Crippen LogP contribution in [0.3, 0.4) is 0 Å². The molecule has 1 aliphatic heterocycles. The molecule has 154 valence electrons. The van der Waals surface area contributed by atoms with E-state index < -0.39 is 20.9 Å². The number of hydrogen-bond donors (Lipinski definition) is 0. The average molecular weight is 456 g/mol. The molecule has 29 heavy (non-hydrogen) atoms. The van der Waals surface area contributed by atoms with E-state index in [4.69, 9.17) is 11.6 Å². The normalized spacial score (nSPS) is 16.0. The average Bonchev–Trinajstić information content (AvgIpc) is 3.18. The largest absolute Gasteiger partial charge is 0.545 e. The number of nitro groups is 1. The molecule has 8 nitrogen and oxygen atoms in total. The fourth-order valence-corrected chi connectivity index (χ4v) is 6.16. The molecule has 0 radical (unpaired) electrons. The van der Waals surface area contributed by atoms with Crippen LogP contribution in [0.2, 0.25) is 5.02 Å². The maximum Gasteiger partial charge on any atom is 0.288 e. The van der Waals surface area contributed by atoms with Crippen molar-refractivity contribution in [3.8, 4) is 0 Å². The molecule has 1 fully saturated rings. The van der Waals surface area contributed by atoms with Crippen molar-refractivity contribution >= 4 is 56.3 Å². The van der Waals surface area contributed by atoms with Crippen LogP contribution in [-0.2, 0) is 14.8 Å². The van der Waals surface area contributed by atoms with E-state index in [-0.39, 0.29) is 30.9 Å². The van der Waals surface area contributed by atoms with Gasteiger partial charge in [0.25, 0.3) is 15.7 Å². The number of nitro benzene ring substituents is 1. The summed E-state index contributed by atoms with van der Waals surface area (Å²) in [5.41, 5.74) is -0.404. The molecule has 0 saturated carbocycles. The molecule has 2 heterocycles. The highest BCUT2D eigenvalue weighted by atomic mass is 35.5. The van der Waals surface area contributed by atoms with Gasteiger partial charge in [-0.3, -0.25) is 10.1 Å². The van der Waals surface area contributed by atoms with E-state index in [1.54, 1.807) is 0 Å². The van der Waals surface area contributed by atoms with Crippen molar-refractivity contribution in [3.63, 3.8) is 0 Å². The first-order valence-corrected chi connectivity index (χ1v) is 11.3. The number of benzene rings is 1. The van der Waals surface area contributed by atoms with Crippen molar-refractivity contribution in [2.45, 2.75) is 23.5 Å². The summed E-state index contributed by atoms with van der Waals surface area (Å²) >= 11 is 6.60. The first kappa shape index (κ1) is 21.4. The Balaban J connectivity index is 1.97. The highest BCUT2D eigenvalue weighted by molar-refractivity contribution is 7.91. The van der Waals surface area contributed by atoms with E-state index >= 15 is 0 Å². The van der Waals surface area contributed by atoms with Gasteiger partial charge < -0.3 is 9.90 Å². The lowest BCUT2D eigenvalue weighted by Crippen LogP contribution is -2.35. The quantitative estimate of drug-likeness (QED) is 0.375. The van der Waals surface area contributed by atoms with E-state index in [1.165, 1.54) is 34.6 Å². The Bertz CT molecular complexity index is 1090. The fraction of sp³-hybridized carbons (Fsp3) is 0.278. The second-order valence-electron chi connectivity index (χ2n) is 6.40. The van der Waals surface area contributed by atoms with Gasteiger partial charge in [0.2, 0.25) is 0 Å². The summed E-state index contributed by atoms with van der Waals surface area (Å²) in [7, 11) is -3.69. The van der Waals surface area contributed by atoms with Gasteiger partial charge in [0.15, 0.2) is 0 Å². The van der Waals surface area contributed by atoms with Gasteiger partial charge in [-0.2, -0.15) is 4.31 Å². The Labute approximate surface area is 176 Å². The van der Waals surface area contributed by atoms with Crippen molar-refractivity contribution < 1.29 is 23.2 Å². The van der Waals surface area contributed by atoms with Gasteiger partial charge >= 0.3 is 0 Å². The van der Waals surface area contributed by atoms with Crippen LogP contribution in [0.4, 0.5) is 5.69 Å². The number of carboxylic acid groups (broad SMARTS) is 1. The Morgan fingerprint density at radius 1 is 1.17 bits per heavy atom. The number of hydrogen-bond acceptors (Lipinski definition) is 7. The Kier molecular flexibility index (Phi) is 6.37. The zero-order chi connectivity index (χ0) is 21.2. The van der Waals surface area contributed by atoms with Crippen molar-refractivity contribution in [2.24, 2.45) is 0 Å². The summed E-state index contributed by atoms with van der Waals surface area (Å²) in [6.07, 6.45) is 3.75. The van der Waals surface area contributed by atoms with Crippen LogP contribution in [0.25, 0.3) is 11.6 Å². The number of aliphatic carboxylic acids is 1. The maximum atomic E-state index is 12.8. The van der Waals surface area contributed by atoms with Crippen molar-refractivity contribution in [2.75, 3.05) is 13.1 Å². The lowest BCUT2D eigenvalue weighted by atomic mass is 10.1. The second kappa shape index (κ2) is 8.62. The lowest BCUT2D eigenvalue weighted by Gasteiger charge is -2.25. The van der Waals surface area contributed by atoms with Crippen LogP contribution in [-0.4, -0.2) is 36.7 Å². The van der Waals surface area contributed by atoms with Crippen molar-refractivity contribution in [1.82, 2.24) is 4.31 Å². The summed E-state index contributed by atoms with van der Waals surface area (Å²) in [5.74, 6) is -1.52. The third-order valence-corrected chi connectivity index (χ3v) is 8.26. The molecular weight excluding hydrogens is 440 g/mol. The lowest BCUT2D eigenvalue weighted by molar-refractivity contribution is -0.384. The third-order valence-electron chi connectivity index (χ3n) is 4.45. The molecule has 1 saturated heterocycles. The number of nitrogens with zero attached hydrogens (tertiary/aromatic N) is 2. The first-order chi connectivity index (χ1) is 13.7. The number of carboxylic acids is 1. The molecular formula is C18H16ClN2O6S2-. The number of carbonyl (C=O) groups is 1. The number of sulfonamides is 1. The van der Waals surface area contributed by atoms with Gasteiger partial charge in [-0.25, -0.2) is 8.42 Å². The zero-order valence-corrected chi connectivity index (χ0v) is 17.4. The standard InChI is InChI=1S/C18H17ClN2O6S2/c19-14-5-4-12(11-15(14)21(24)25)10-13(18(22)23)16-6-7-17(28-16)29(26,27)20-8-2-1-3-9-20/h4-7,10-11H,1-3,8-9H2,(H,22,23)/p-1/b13-10+. The monoisotopic (exact) mass is 455 g/mol. The van der Waals surface area contributed by atoms with Gasteiger partial charge in [0.05, 0.1) is 10.9 Å². The smallest absolute Gasteiger partial charge is 0.288 e. The molecule has 2 aromatic rings. The molecule has 0 amide bonds. The molecule has 0 aliphatic carbocycles. The van der Waals surface area contributed by atoms with Crippen LogP contribution in [0.15, 0.2) is 34.5 Å². The molecule has 1 aliphatic rings. The van der Waals surface area contributed by atoms with Crippen LogP contribution >= 0.6 is 22.9 Å². The van der Waals surface area contributed by atoms with Crippen molar-refractivity contribution in [3.05, 3.63) is 55.9 Å². The van der Waals surface area contributed by atoms with E-state index in [2.05, 4.69) is 0 Å².